The summed E-state index contributed by atoms with van der Waals surface area (Å²) in [4.78, 5) is 14.5. The van der Waals surface area contributed by atoms with Crippen LogP contribution in [0.1, 0.15) is 39.0 Å². The summed E-state index contributed by atoms with van der Waals surface area (Å²) < 4.78 is 5.57. The van der Waals surface area contributed by atoms with Crippen LogP contribution in [0.15, 0.2) is 0 Å². The first-order valence-electron chi connectivity index (χ1n) is 6.95. The lowest BCUT2D eigenvalue weighted by molar-refractivity contribution is -0.147. The van der Waals surface area contributed by atoms with Gasteiger partial charge in [0.2, 0.25) is 0 Å². The number of amides is 1. The molecule has 2 saturated heterocycles. The third-order valence-electron chi connectivity index (χ3n) is 3.83. The molecule has 0 bridgehead atoms. The second kappa shape index (κ2) is 6.36. The number of carbonyl (C=O) groups excluding carboxylic acids is 1. The zero-order valence-corrected chi connectivity index (χ0v) is 10.8. The van der Waals surface area contributed by atoms with Crippen molar-refractivity contribution in [1.29, 1.82) is 0 Å². The van der Waals surface area contributed by atoms with E-state index in [4.69, 9.17) is 4.74 Å². The molecule has 4 nitrogen and oxygen atoms in total. The maximum Gasteiger partial charge on any atom is 0.253 e. The van der Waals surface area contributed by atoms with Crippen LogP contribution >= 0.6 is 0 Å². The minimum atomic E-state index is -0.254. The maximum atomic E-state index is 12.4. The smallest absolute Gasteiger partial charge is 0.253 e. The number of ether oxygens (including phenoxy) is 1. The highest BCUT2D eigenvalue weighted by atomic mass is 16.5. The summed E-state index contributed by atoms with van der Waals surface area (Å²) in [6, 6.07) is 0.426. The van der Waals surface area contributed by atoms with Gasteiger partial charge >= 0.3 is 0 Å². The Kier molecular flexibility index (Phi) is 4.80. The number of hydrogen-bond acceptors (Lipinski definition) is 3. The lowest BCUT2D eigenvalue weighted by Gasteiger charge is -2.34. The first-order chi connectivity index (χ1) is 8.33. The molecular weight excluding hydrogens is 216 g/mol. The van der Waals surface area contributed by atoms with Crippen molar-refractivity contribution in [3.05, 3.63) is 0 Å². The molecule has 0 aromatic carbocycles. The van der Waals surface area contributed by atoms with E-state index in [2.05, 4.69) is 17.1 Å². The number of nitrogens with zero attached hydrogens (tertiary/aromatic N) is 1. The molecule has 2 aliphatic rings. The van der Waals surface area contributed by atoms with Gasteiger partial charge in [-0.1, -0.05) is 19.8 Å². The average Bonchev–Trinajstić information content (AvgIpc) is 2.64. The van der Waals surface area contributed by atoms with Crippen molar-refractivity contribution in [1.82, 2.24) is 10.2 Å². The Balaban J connectivity index is 1.98. The Hall–Kier alpha value is -0.610. The number of nitrogens with one attached hydrogen (secondary N) is 1. The monoisotopic (exact) mass is 240 g/mol. The van der Waals surface area contributed by atoms with Crippen molar-refractivity contribution in [2.45, 2.75) is 51.2 Å². The van der Waals surface area contributed by atoms with Crippen LogP contribution in [-0.2, 0) is 9.53 Å². The van der Waals surface area contributed by atoms with E-state index in [0.29, 0.717) is 19.2 Å². The van der Waals surface area contributed by atoms with Gasteiger partial charge in [-0.2, -0.15) is 0 Å². The van der Waals surface area contributed by atoms with E-state index >= 15 is 0 Å². The fourth-order valence-electron chi connectivity index (χ4n) is 2.80. The van der Waals surface area contributed by atoms with Crippen LogP contribution in [0.2, 0.25) is 0 Å². The van der Waals surface area contributed by atoms with Gasteiger partial charge in [0, 0.05) is 25.7 Å². The highest BCUT2D eigenvalue weighted by Gasteiger charge is 2.31. The predicted molar refractivity (Wildman–Crippen MR) is 66.9 cm³/mol. The molecule has 17 heavy (non-hydrogen) atoms. The molecule has 98 valence electrons. The van der Waals surface area contributed by atoms with Gasteiger partial charge in [-0.15, -0.1) is 0 Å². The lowest BCUT2D eigenvalue weighted by Crippen LogP contribution is -2.52. The van der Waals surface area contributed by atoms with E-state index in [1.54, 1.807) is 0 Å². The Bertz CT molecular complexity index is 252. The van der Waals surface area contributed by atoms with E-state index in [9.17, 15) is 4.79 Å². The summed E-state index contributed by atoms with van der Waals surface area (Å²) in [6.07, 6.45) is 5.61. The lowest BCUT2D eigenvalue weighted by atomic mass is 10.1. The Morgan fingerprint density at radius 3 is 3.00 bits per heavy atom. The molecule has 2 aliphatic heterocycles. The van der Waals surface area contributed by atoms with Crippen molar-refractivity contribution >= 4 is 5.91 Å². The zero-order valence-electron chi connectivity index (χ0n) is 10.8. The van der Waals surface area contributed by atoms with Crippen LogP contribution < -0.4 is 5.32 Å². The van der Waals surface area contributed by atoms with Crippen LogP contribution in [0.25, 0.3) is 0 Å². The first-order valence-corrected chi connectivity index (χ1v) is 6.95. The third kappa shape index (κ3) is 3.19. The molecule has 4 heteroatoms. The van der Waals surface area contributed by atoms with Crippen molar-refractivity contribution in [2.24, 2.45) is 0 Å². The molecule has 2 fully saturated rings. The van der Waals surface area contributed by atoms with Gasteiger partial charge in [-0.25, -0.2) is 0 Å². The SMILES string of the molecule is CCC1CCCCCN1C(=O)C1CNCCO1. The summed E-state index contributed by atoms with van der Waals surface area (Å²) >= 11 is 0. The molecule has 0 aliphatic carbocycles. The van der Waals surface area contributed by atoms with Crippen molar-refractivity contribution in [3.63, 3.8) is 0 Å². The Labute approximate surface area is 104 Å². The molecule has 0 aromatic rings. The van der Waals surface area contributed by atoms with Gasteiger partial charge in [0.05, 0.1) is 6.61 Å². The molecule has 2 unspecified atom stereocenters. The fourth-order valence-corrected chi connectivity index (χ4v) is 2.80. The molecule has 2 atom stereocenters. The summed E-state index contributed by atoms with van der Waals surface area (Å²) in [5.41, 5.74) is 0. The summed E-state index contributed by atoms with van der Waals surface area (Å²) in [5, 5.41) is 3.23. The molecule has 1 N–H and O–H groups in total. The van der Waals surface area contributed by atoms with Gasteiger partial charge in [0.15, 0.2) is 0 Å². The second-order valence-corrected chi connectivity index (χ2v) is 5.01. The largest absolute Gasteiger partial charge is 0.366 e. The van der Waals surface area contributed by atoms with Crippen LogP contribution in [0, 0.1) is 0 Å². The van der Waals surface area contributed by atoms with E-state index in [0.717, 1.165) is 32.4 Å². The molecule has 0 saturated carbocycles. The molecule has 2 heterocycles. The molecule has 0 aromatic heterocycles. The molecule has 2 rings (SSSR count). The van der Waals surface area contributed by atoms with E-state index in [-0.39, 0.29) is 12.0 Å². The quantitative estimate of drug-likeness (QED) is 0.787. The summed E-state index contributed by atoms with van der Waals surface area (Å²) in [6.45, 7) is 5.28. The maximum absolute atomic E-state index is 12.4. The van der Waals surface area contributed by atoms with Crippen molar-refractivity contribution in [3.8, 4) is 0 Å². The normalized spacial score (nSPS) is 31.0. The zero-order chi connectivity index (χ0) is 12.1. The molecule has 0 spiro atoms. The topological polar surface area (TPSA) is 41.6 Å². The number of rotatable bonds is 2. The van der Waals surface area contributed by atoms with Crippen molar-refractivity contribution in [2.75, 3.05) is 26.2 Å². The van der Waals surface area contributed by atoms with Crippen LogP contribution in [0.4, 0.5) is 0 Å². The summed E-state index contributed by atoms with van der Waals surface area (Å²) in [5.74, 6) is 0.200. The average molecular weight is 240 g/mol. The molecular formula is C13H24N2O2. The minimum Gasteiger partial charge on any atom is -0.366 e. The Morgan fingerprint density at radius 1 is 1.41 bits per heavy atom. The molecule has 0 radical (unpaired) electrons. The van der Waals surface area contributed by atoms with E-state index < -0.39 is 0 Å². The highest BCUT2D eigenvalue weighted by molar-refractivity contribution is 5.81. The minimum absolute atomic E-state index is 0.200. The fraction of sp³-hybridized carbons (Fsp3) is 0.923. The van der Waals surface area contributed by atoms with Crippen LogP contribution in [0.3, 0.4) is 0 Å². The number of likely N-dealkylation sites (tertiary alicyclic amines) is 1. The van der Waals surface area contributed by atoms with E-state index in [1.807, 2.05) is 0 Å². The van der Waals surface area contributed by atoms with Gasteiger partial charge in [0.25, 0.3) is 5.91 Å². The van der Waals surface area contributed by atoms with Gasteiger partial charge < -0.3 is 15.0 Å². The number of carbonyl (C=O) groups is 1. The first kappa shape index (κ1) is 12.8. The van der Waals surface area contributed by atoms with Gasteiger partial charge in [0.1, 0.15) is 6.10 Å². The number of hydrogen-bond donors (Lipinski definition) is 1. The summed E-state index contributed by atoms with van der Waals surface area (Å²) in [7, 11) is 0. The molecule has 1 amide bonds. The Morgan fingerprint density at radius 2 is 2.29 bits per heavy atom. The predicted octanol–water partition coefficient (Wildman–Crippen LogP) is 1.16. The third-order valence-corrected chi connectivity index (χ3v) is 3.83. The van der Waals surface area contributed by atoms with Crippen LogP contribution in [-0.4, -0.2) is 49.2 Å². The van der Waals surface area contributed by atoms with Gasteiger partial charge in [-0.05, 0) is 19.3 Å². The standard InChI is InChI=1S/C13H24N2O2/c1-2-11-6-4-3-5-8-15(11)13(16)12-10-14-7-9-17-12/h11-12,14H,2-10H2,1H3. The second-order valence-electron chi connectivity index (χ2n) is 5.01. The highest BCUT2D eigenvalue weighted by Crippen LogP contribution is 2.20. The van der Waals surface area contributed by atoms with Gasteiger partial charge in [-0.3, -0.25) is 4.79 Å². The van der Waals surface area contributed by atoms with Crippen molar-refractivity contribution < 1.29 is 9.53 Å². The van der Waals surface area contributed by atoms with E-state index in [1.165, 1.54) is 12.8 Å². The van der Waals surface area contributed by atoms with Crippen LogP contribution in [0.5, 0.6) is 0 Å². The number of morpholine rings is 1.